The number of rotatable bonds is 4. The smallest absolute Gasteiger partial charge is 0.150 e. The molecule has 5 heteroatoms. The van der Waals surface area contributed by atoms with Crippen molar-refractivity contribution in [2.75, 3.05) is 25.0 Å². The molecule has 2 nitrogen and oxygen atoms in total. The van der Waals surface area contributed by atoms with Gasteiger partial charge in [-0.25, -0.2) is 8.78 Å². The highest BCUT2D eigenvalue weighted by molar-refractivity contribution is 9.10. The van der Waals surface area contributed by atoms with E-state index in [-0.39, 0.29) is 11.7 Å². The molecule has 20 heavy (non-hydrogen) atoms. The predicted octanol–water partition coefficient (Wildman–Crippen LogP) is 4.26. The molecule has 1 heterocycles. The van der Waals surface area contributed by atoms with E-state index in [1.807, 2.05) is 6.92 Å². The third-order valence-corrected chi connectivity index (χ3v) is 4.53. The Morgan fingerprint density at radius 3 is 2.65 bits per heavy atom. The van der Waals surface area contributed by atoms with Crippen molar-refractivity contribution in [3.8, 4) is 0 Å². The van der Waals surface area contributed by atoms with Crippen LogP contribution in [0.25, 0.3) is 0 Å². The van der Waals surface area contributed by atoms with E-state index in [0.29, 0.717) is 10.4 Å². The summed E-state index contributed by atoms with van der Waals surface area (Å²) in [5.41, 5.74) is -0.0191. The van der Waals surface area contributed by atoms with Crippen molar-refractivity contribution in [3.63, 3.8) is 0 Å². The van der Waals surface area contributed by atoms with Gasteiger partial charge in [0.15, 0.2) is 0 Å². The molecular weight excluding hydrogens is 326 g/mol. The third-order valence-electron chi connectivity index (χ3n) is 4.08. The van der Waals surface area contributed by atoms with Gasteiger partial charge in [-0.2, -0.15) is 0 Å². The van der Waals surface area contributed by atoms with Crippen molar-refractivity contribution < 1.29 is 8.78 Å². The summed E-state index contributed by atoms with van der Waals surface area (Å²) in [5.74, 6) is -0.676. The van der Waals surface area contributed by atoms with Gasteiger partial charge in [0, 0.05) is 17.1 Å². The number of halogens is 3. The van der Waals surface area contributed by atoms with Crippen LogP contribution < -0.4 is 5.32 Å². The molecule has 1 fully saturated rings. The summed E-state index contributed by atoms with van der Waals surface area (Å²) < 4.78 is 28.1. The second-order valence-corrected chi connectivity index (χ2v) is 6.39. The van der Waals surface area contributed by atoms with Gasteiger partial charge in [-0.1, -0.05) is 22.9 Å². The molecule has 1 N–H and O–H groups in total. The molecule has 1 aromatic rings. The van der Waals surface area contributed by atoms with E-state index in [9.17, 15) is 8.78 Å². The molecule has 0 aliphatic carbocycles. The van der Waals surface area contributed by atoms with Crippen molar-refractivity contribution in [1.29, 1.82) is 0 Å². The summed E-state index contributed by atoms with van der Waals surface area (Å²) in [6.45, 7) is 7.30. The van der Waals surface area contributed by atoms with E-state index >= 15 is 0 Å². The van der Waals surface area contributed by atoms with Crippen molar-refractivity contribution in [1.82, 2.24) is 4.90 Å². The van der Waals surface area contributed by atoms with Crippen LogP contribution in [0.4, 0.5) is 14.5 Å². The molecule has 0 spiro atoms. The number of nitrogens with zero attached hydrogens (tertiary/aromatic N) is 1. The Bertz CT molecular complexity index is 444. The Morgan fingerprint density at radius 1 is 1.40 bits per heavy atom. The molecule has 0 bridgehead atoms. The fraction of sp³-hybridized carbons (Fsp3) is 0.600. The van der Waals surface area contributed by atoms with Crippen LogP contribution >= 0.6 is 15.9 Å². The molecule has 0 aromatic heterocycles. The third kappa shape index (κ3) is 3.70. The van der Waals surface area contributed by atoms with Crippen molar-refractivity contribution in [2.24, 2.45) is 5.92 Å². The van der Waals surface area contributed by atoms with Crippen LogP contribution in [0.5, 0.6) is 0 Å². The summed E-state index contributed by atoms with van der Waals surface area (Å²) in [4.78, 5) is 2.39. The van der Waals surface area contributed by atoms with Gasteiger partial charge < -0.3 is 10.2 Å². The Hall–Kier alpha value is -0.680. The number of anilines is 1. The van der Waals surface area contributed by atoms with Gasteiger partial charge in [0.05, 0.1) is 0 Å². The Balaban J connectivity index is 2.06. The van der Waals surface area contributed by atoms with Crippen molar-refractivity contribution in [3.05, 3.63) is 28.2 Å². The normalized spacial score (nSPS) is 21.8. The molecule has 1 aliphatic heterocycles. The quantitative estimate of drug-likeness (QED) is 0.876. The maximum absolute atomic E-state index is 13.8. The van der Waals surface area contributed by atoms with Crippen LogP contribution in [0, 0.1) is 17.6 Å². The Kier molecular flexibility index (Phi) is 5.38. The first-order valence-corrected chi connectivity index (χ1v) is 7.94. The van der Waals surface area contributed by atoms with E-state index in [1.54, 1.807) is 0 Å². The average molecular weight is 347 g/mol. The van der Waals surface area contributed by atoms with Crippen LogP contribution in [-0.4, -0.2) is 30.6 Å². The number of piperidine rings is 1. The van der Waals surface area contributed by atoms with Gasteiger partial charge in [-0.05, 0) is 50.9 Å². The van der Waals surface area contributed by atoms with Crippen LogP contribution in [0.3, 0.4) is 0 Å². The monoisotopic (exact) mass is 346 g/mol. The van der Waals surface area contributed by atoms with Gasteiger partial charge >= 0.3 is 0 Å². The molecule has 0 saturated carbocycles. The fourth-order valence-electron chi connectivity index (χ4n) is 2.81. The molecule has 1 aromatic carbocycles. The zero-order valence-corrected chi connectivity index (χ0v) is 13.5. The van der Waals surface area contributed by atoms with E-state index in [4.69, 9.17) is 0 Å². The lowest BCUT2D eigenvalue weighted by Crippen LogP contribution is -2.41. The highest BCUT2D eigenvalue weighted by Gasteiger charge is 2.25. The standard InChI is InChI=1S/C15H21BrF2N2/c1-3-20-6-4-5-11(9-20)10(2)19-15-13(17)7-12(16)8-14(15)18/h7-8,10-11,19H,3-6,9H2,1-2H3. The van der Waals surface area contributed by atoms with E-state index in [2.05, 4.69) is 33.1 Å². The lowest BCUT2D eigenvalue weighted by molar-refractivity contribution is 0.172. The first-order valence-electron chi connectivity index (χ1n) is 7.14. The first-order chi connectivity index (χ1) is 9.51. The molecule has 0 amide bonds. The maximum atomic E-state index is 13.8. The summed E-state index contributed by atoms with van der Waals surface area (Å²) in [6, 6.07) is 2.63. The van der Waals surface area contributed by atoms with E-state index in [1.165, 1.54) is 12.1 Å². The zero-order chi connectivity index (χ0) is 14.7. The van der Waals surface area contributed by atoms with Gasteiger partial charge in [0.1, 0.15) is 17.3 Å². The Labute approximate surface area is 127 Å². The number of likely N-dealkylation sites (tertiary alicyclic amines) is 1. The van der Waals surface area contributed by atoms with Crippen molar-refractivity contribution >= 4 is 21.6 Å². The molecule has 0 radical (unpaired) electrons. The van der Waals surface area contributed by atoms with Gasteiger partial charge in [-0.3, -0.25) is 0 Å². The molecule has 1 aliphatic rings. The lowest BCUT2D eigenvalue weighted by Gasteiger charge is -2.35. The second kappa shape index (κ2) is 6.85. The zero-order valence-electron chi connectivity index (χ0n) is 11.9. The maximum Gasteiger partial charge on any atom is 0.150 e. The number of benzene rings is 1. The minimum Gasteiger partial charge on any atom is -0.378 e. The second-order valence-electron chi connectivity index (χ2n) is 5.47. The molecule has 2 unspecified atom stereocenters. The topological polar surface area (TPSA) is 15.3 Å². The summed E-state index contributed by atoms with van der Waals surface area (Å²) in [7, 11) is 0. The molecule has 2 rings (SSSR count). The van der Waals surface area contributed by atoms with Crippen LogP contribution in [-0.2, 0) is 0 Å². The molecule has 1 saturated heterocycles. The summed E-state index contributed by atoms with van der Waals surface area (Å²) in [6.07, 6.45) is 2.25. The first kappa shape index (κ1) is 15.7. The molecule has 2 atom stereocenters. The van der Waals surface area contributed by atoms with Gasteiger partial charge in [0.2, 0.25) is 0 Å². The van der Waals surface area contributed by atoms with Crippen LogP contribution in [0.15, 0.2) is 16.6 Å². The van der Waals surface area contributed by atoms with E-state index < -0.39 is 11.6 Å². The lowest BCUT2D eigenvalue weighted by atomic mass is 9.91. The van der Waals surface area contributed by atoms with Crippen molar-refractivity contribution in [2.45, 2.75) is 32.7 Å². The largest absolute Gasteiger partial charge is 0.378 e. The van der Waals surface area contributed by atoms with Gasteiger partial charge in [-0.15, -0.1) is 0 Å². The average Bonchev–Trinajstić information content (AvgIpc) is 2.42. The van der Waals surface area contributed by atoms with Crippen LogP contribution in [0.1, 0.15) is 26.7 Å². The van der Waals surface area contributed by atoms with E-state index in [0.717, 1.165) is 32.5 Å². The summed E-state index contributed by atoms with van der Waals surface area (Å²) in [5, 5.41) is 3.02. The number of nitrogens with one attached hydrogen (secondary N) is 1. The minimum atomic E-state index is -0.549. The predicted molar refractivity (Wildman–Crippen MR) is 82.0 cm³/mol. The molecular formula is C15H21BrF2N2. The highest BCUT2D eigenvalue weighted by atomic mass is 79.9. The highest BCUT2D eigenvalue weighted by Crippen LogP contribution is 2.27. The minimum absolute atomic E-state index is 0.0191. The van der Waals surface area contributed by atoms with Crippen LogP contribution in [0.2, 0.25) is 0 Å². The van der Waals surface area contributed by atoms with Gasteiger partial charge in [0.25, 0.3) is 0 Å². The number of hydrogen-bond donors (Lipinski definition) is 1. The molecule has 112 valence electrons. The summed E-state index contributed by atoms with van der Waals surface area (Å²) >= 11 is 3.09. The number of hydrogen-bond acceptors (Lipinski definition) is 2. The Morgan fingerprint density at radius 2 is 2.05 bits per heavy atom. The fourth-order valence-corrected chi connectivity index (χ4v) is 3.21. The SMILES string of the molecule is CCN1CCCC(C(C)Nc2c(F)cc(Br)cc2F)C1.